The minimum absolute atomic E-state index is 0.0919. The van der Waals surface area contributed by atoms with Crippen LogP contribution in [0.1, 0.15) is 19.3 Å². The summed E-state index contributed by atoms with van der Waals surface area (Å²) < 4.78 is 30.2. The molecule has 0 radical (unpaired) electrons. The number of fused-ring (bicyclic) bond motifs is 5. The first kappa shape index (κ1) is 13.2. The predicted octanol–water partition coefficient (Wildman–Crippen LogP) is 0.918. The van der Waals surface area contributed by atoms with Gasteiger partial charge in [0.15, 0.2) is 20.4 Å². The molecule has 4 rings (SSSR count). The molecule has 4 atom stereocenters. The summed E-state index contributed by atoms with van der Waals surface area (Å²) in [6.07, 6.45) is -0.219. The number of sulfone groups is 1. The zero-order valence-corrected chi connectivity index (χ0v) is 12.0. The van der Waals surface area contributed by atoms with Crippen molar-refractivity contribution in [1.29, 1.82) is 0 Å². The van der Waals surface area contributed by atoms with Crippen LogP contribution in [0.15, 0.2) is 35.2 Å². The van der Waals surface area contributed by atoms with Crippen molar-refractivity contribution in [2.24, 2.45) is 5.92 Å². The van der Waals surface area contributed by atoms with Gasteiger partial charge in [-0.3, -0.25) is 9.59 Å². The van der Waals surface area contributed by atoms with Crippen LogP contribution in [0.5, 0.6) is 0 Å². The number of benzene rings is 1. The zero-order valence-electron chi connectivity index (χ0n) is 11.2. The van der Waals surface area contributed by atoms with Gasteiger partial charge in [0.1, 0.15) is 5.78 Å². The van der Waals surface area contributed by atoms with Crippen LogP contribution in [-0.2, 0) is 24.2 Å². The number of carbonyl (C=O) groups is 2. The molecular formula is C15H14O5S. The zero-order chi connectivity index (χ0) is 14.8. The molecule has 1 aromatic rings. The first-order chi connectivity index (χ1) is 9.99. The SMILES string of the molecule is O=C1CC(=O)[C@]2(S(=O)(=O)c3ccccc3)[C@H]3CC[C@H](O3)[C@H]12. The molecule has 3 fully saturated rings. The quantitative estimate of drug-likeness (QED) is 0.759. The van der Waals surface area contributed by atoms with E-state index in [1.54, 1.807) is 18.2 Å². The Hall–Kier alpha value is -1.53. The Morgan fingerprint density at radius 1 is 1.10 bits per heavy atom. The standard InChI is InChI=1S/C15H14O5S/c16-10-8-12(17)15(13-7-6-11(20-13)14(10)15)21(18,19)9-4-2-1-3-5-9/h1-5,11,13-14H,6-8H2/t11-,13+,14-,15-/m0/s1. The highest BCUT2D eigenvalue weighted by Crippen LogP contribution is 2.56. The van der Waals surface area contributed by atoms with Crippen LogP contribution in [-0.4, -0.2) is 36.9 Å². The van der Waals surface area contributed by atoms with Crippen LogP contribution in [0, 0.1) is 5.92 Å². The second kappa shape index (κ2) is 4.01. The third-order valence-corrected chi connectivity index (χ3v) is 7.51. The molecule has 2 heterocycles. The van der Waals surface area contributed by atoms with Crippen LogP contribution in [0.4, 0.5) is 0 Å². The predicted molar refractivity (Wildman–Crippen MR) is 72.4 cm³/mol. The monoisotopic (exact) mass is 306 g/mol. The first-order valence-electron chi connectivity index (χ1n) is 7.00. The number of rotatable bonds is 2. The maximum absolute atomic E-state index is 13.1. The summed E-state index contributed by atoms with van der Waals surface area (Å²) >= 11 is 0. The Labute approximate surface area is 122 Å². The molecule has 110 valence electrons. The third-order valence-electron chi connectivity index (χ3n) is 4.98. The van der Waals surface area contributed by atoms with Crippen LogP contribution in [0.3, 0.4) is 0 Å². The molecule has 0 spiro atoms. The van der Waals surface area contributed by atoms with E-state index in [0.29, 0.717) is 12.8 Å². The van der Waals surface area contributed by atoms with E-state index in [-0.39, 0.29) is 17.1 Å². The molecule has 6 heteroatoms. The Kier molecular flexibility index (Phi) is 2.52. The number of carbonyl (C=O) groups excluding carboxylic acids is 2. The van der Waals surface area contributed by atoms with Crippen molar-refractivity contribution in [1.82, 2.24) is 0 Å². The molecule has 0 amide bonds. The van der Waals surface area contributed by atoms with E-state index in [1.165, 1.54) is 12.1 Å². The van der Waals surface area contributed by atoms with Gasteiger partial charge in [-0.05, 0) is 25.0 Å². The normalized spacial score (nSPS) is 38.0. The van der Waals surface area contributed by atoms with Crippen molar-refractivity contribution >= 4 is 21.4 Å². The van der Waals surface area contributed by atoms with Crippen LogP contribution in [0.25, 0.3) is 0 Å². The number of ketones is 2. The Bertz CT molecular complexity index is 739. The first-order valence-corrected chi connectivity index (χ1v) is 8.49. The van der Waals surface area contributed by atoms with Crippen molar-refractivity contribution in [3.05, 3.63) is 30.3 Å². The average molecular weight is 306 g/mol. The molecule has 2 saturated heterocycles. The van der Waals surface area contributed by atoms with Crippen LogP contribution >= 0.6 is 0 Å². The van der Waals surface area contributed by atoms with Gasteiger partial charge in [0, 0.05) is 0 Å². The number of ether oxygens (including phenoxy) is 1. The highest BCUT2D eigenvalue weighted by Gasteiger charge is 2.75. The molecule has 3 aliphatic rings. The van der Waals surface area contributed by atoms with Gasteiger partial charge in [0.25, 0.3) is 0 Å². The topological polar surface area (TPSA) is 77.5 Å². The van der Waals surface area contributed by atoms with Gasteiger partial charge in [0.2, 0.25) is 0 Å². The lowest BCUT2D eigenvalue weighted by molar-refractivity contribution is -0.125. The minimum Gasteiger partial charge on any atom is -0.372 e. The highest BCUT2D eigenvalue weighted by atomic mass is 32.2. The van der Waals surface area contributed by atoms with Gasteiger partial charge >= 0.3 is 0 Å². The van der Waals surface area contributed by atoms with Gasteiger partial charge in [-0.1, -0.05) is 18.2 Å². The van der Waals surface area contributed by atoms with Gasteiger partial charge in [-0.2, -0.15) is 0 Å². The Morgan fingerprint density at radius 3 is 2.52 bits per heavy atom. The van der Waals surface area contributed by atoms with E-state index in [9.17, 15) is 18.0 Å². The molecular weight excluding hydrogens is 292 g/mol. The maximum Gasteiger partial charge on any atom is 0.194 e. The van der Waals surface area contributed by atoms with Crippen LogP contribution in [0.2, 0.25) is 0 Å². The number of hydrogen-bond acceptors (Lipinski definition) is 5. The minimum atomic E-state index is -3.95. The van der Waals surface area contributed by atoms with Gasteiger partial charge in [0.05, 0.1) is 29.4 Å². The molecule has 1 aromatic carbocycles. The Morgan fingerprint density at radius 2 is 1.81 bits per heavy atom. The molecule has 21 heavy (non-hydrogen) atoms. The fourth-order valence-corrected chi connectivity index (χ4v) is 6.60. The smallest absolute Gasteiger partial charge is 0.194 e. The van der Waals surface area contributed by atoms with Gasteiger partial charge in [-0.25, -0.2) is 8.42 Å². The van der Waals surface area contributed by atoms with E-state index >= 15 is 0 Å². The Balaban J connectivity index is 1.97. The summed E-state index contributed by atoms with van der Waals surface area (Å²) in [7, 11) is -3.95. The van der Waals surface area contributed by atoms with Crippen molar-refractivity contribution in [3.63, 3.8) is 0 Å². The van der Waals surface area contributed by atoms with Crippen molar-refractivity contribution in [3.8, 4) is 0 Å². The van der Waals surface area contributed by atoms with E-state index in [2.05, 4.69) is 0 Å². The van der Waals surface area contributed by atoms with Crippen molar-refractivity contribution in [2.45, 2.75) is 41.1 Å². The molecule has 0 N–H and O–H groups in total. The summed E-state index contributed by atoms with van der Waals surface area (Å²) in [6, 6.07) is 7.90. The van der Waals surface area contributed by atoms with Crippen molar-refractivity contribution < 1.29 is 22.7 Å². The summed E-state index contributed by atoms with van der Waals surface area (Å²) in [5, 5.41) is 0. The molecule has 0 aromatic heterocycles. The van der Waals surface area contributed by atoms with E-state index in [1.807, 2.05) is 0 Å². The van der Waals surface area contributed by atoms with Crippen molar-refractivity contribution in [2.75, 3.05) is 0 Å². The summed E-state index contributed by atoms with van der Waals surface area (Å²) in [5.41, 5.74) is 0. The number of hydrogen-bond donors (Lipinski definition) is 0. The average Bonchev–Trinajstić information content (AvgIpc) is 3.13. The number of Topliss-reactive ketones (excluding diaryl/α,β-unsaturated/α-hetero) is 2. The highest BCUT2D eigenvalue weighted by molar-refractivity contribution is 7.93. The summed E-state index contributed by atoms with van der Waals surface area (Å²) in [6.45, 7) is 0. The molecule has 5 nitrogen and oxygen atoms in total. The van der Waals surface area contributed by atoms with E-state index in [4.69, 9.17) is 4.74 Å². The lowest BCUT2D eigenvalue weighted by Gasteiger charge is -2.33. The second-order valence-electron chi connectivity index (χ2n) is 5.89. The molecule has 2 bridgehead atoms. The van der Waals surface area contributed by atoms with Gasteiger partial charge < -0.3 is 4.74 Å². The lowest BCUT2D eigenvalue weighted by atomic mass is 9.80. The molecule has 1 saturated carbocycles. The molecule has 1 aliphatic carbocycles. The largest absolute Gasteiger partial charge is 0.372 e. The maximum atomic E-state index is 13.1. The van der Waals surface area contributed by atoms with Crippen LogP contribution < -0.4 is 0 Å². The fourth-order valence-electron chi connectivity index (χ4n) is 4.19. The van der Waals surface area contributed by atoms with E-state index < -0.39 is 38.5 Å². The summed E-state index contributed by atoms with van der Waals surface area (Å²) in [5.74, 6) is -1.60. The second-order valence-corrected chi connectivity index (χ2v) is 8.05. The fraction of sp³-hybridized carbons (Fsp3) is 0.467. The lowest BCUT2D eigenvalue weighted by Crippen LogP contribution is -2.56. The molecule has 0 unspecified atom stereocenters. The summed E-state index contributed by atoms with van der Waals surface area (Å²) in [4.78, 5) is 24.8. The van der Waals surface area contributed by atoms with E-state index in [0.717, 1.165) is 0 Å². The third kappa shape index (κ3) is 1.37. The molecule has 2 aliphatic heterocycles. The van der Waals surface area contributed by atoms with Gasteiger partial charge in [-0.15, -0.1) is 0 Å².